The summed E-state index contributed by atoms with van der Waals surface area (Å²) in [6.45, 7) is 0. The van der Waals surface area contributed by atoms with Crippen LogP contribution in [0.4, 0.5) is 0 Å². The van der Waals surface area contributed by atoms with Gasteiger partial charge in [0.05, 0.1) is 5.56 Å². The first-order valence-electron chi connectivity index (χ1n) is 4.86. The average molecular weight is 245 g/mol. The van der Waals surface area contributed by atoms with Gasteiger partial charge in [0.25, 0.3) is 0 Å². The topological polar surface area (TPSA) is 68.0 Å². The van der Waals surface area contributed by atoms with Crippen molar-refractivity contribution in [3.63, 3.8) is 0 Å². The second kappa shape index (κ2) is 3.67. The molecule has 0 aliphatic rings. The summed E-state index contributed by atoms with van der Waals surface area (Å²) in [5.41, 5.74) is 0.850. The number of carboxylic acid groups (broad SMARTS) is 1. The van der Waals surface area contributed by atoms with Crippen molar-refractivity contribution in [2.75, 3.05) is 0 Å². The van der Waals surface area contributed by atoms with Crippen molar-refractivity contribution in [1.29, 1.82) is 0 Å². The maximum absolute atomic E-state index is 11.1. The highest BCUT2D eigenvalue weighted by Crippen LogP contribution is 2.23. The Labute approximate surface area is 100.0 Å². The van der Waals surface area contributed by atoms with Crippen LogP contribution in [0, 0.1) is 0 Å². The van der Waals surface area contributed by atoms with Gasteiger partial charge in [0.15, 0.2) is 5.13 Å². The number of hydrogen-bond acceptors (Lipinski definition) is 4. The van der Waals surface area contributed by atoms with Crippen molar-refractivity contribution in [3.05, 3.63) is 41.7 Å². The first-order chi connectivity index (χ1) is 8.27. The molecule has 3 heterocycles. The van der Waals surface area contributed by atoms with Crippen molar-refractivity contribution in [2.24, 2.45) is 0 Å². The fourth-order valence-electron chi connectivity index (χ4n) is 1.71. The Hall–Kier alpha value is -2.21. The van der Waals surface area contributed by atoms with Crippen LogP contribution in [-0.2, 0) is 0 Å². The van der Waals surface area contributed by atoms with Gasteiger partial charge in [-0.2, -0.15) is 0 Å². The molecule has 5 nitrogen and oxygen atoms in total. The number of hydrogen-bond donors (Lipinski definition) is 1. The second-order valence-corrected chi connectivity index (χ2v) is 4.28. The number of pyridine rings is 1. The number of aromatic nitrogens is 3. The van der Waals surface area contributed by atoms with Gasteiger partial charge in [-0.1, -0.05) is 0 Å². The molecule has 3 aromatic rings. The summed E-state index contributed by atoms with van der Waals surface area (Å²) in [7, 11) is 0. The summed E-state index contributed by atoms with van der Waals surface area (Å²) in [5, 5.41) is 12.3. The summed E-state index contributed by atoms with van der Waals surface area (Å²) in [6, 6.07) is 3.47. The summed E-state index contributed by atoms with van der Waals surface area (Å²) >= 11 is 1.43. The smallest absolute Gasteiger partial charge is 0.337 e. The standard InChI is InChI=1S/C11H7N3O2S/c15-10(16)8-6-14(11-13-4-5-17-11)9-7(8)2-1-3-12-9/h1-6H,(H,15,16). The maximum atomic E-state index is 11.1. The molecular weight excluding hydrogens is 238 g/mol. The number of rotatable bonds is 2. The molecule has 0 bridgehead atoms. The lowest BCUT2D eigenvalue weighted by atomic mass is 10.2. The van der Waals surface area contributed by atoms with E-state index in [0.717, 1.165) is 0 Å². The zero-order valence-corrected chi connectivity index (χ0v) is 9.39. The van der Waals surface area contributed by atoms with Gasteiger partial charge in [0, 0.05) is 29.4 Å². The molecule has 6 heteroatoms. The summed E-state index contributed by atoms with van der Waals surface area (Å²) in [6.07, 6.45) is 4.87. The lowest BCUT2D eigenvalue weighted by Crippen LogP contribution is -1.94. The predicted octanol–water partition coefficient (Wildman–Crippen LogP) is 2.18. The second-order valence-electron chi connectivity index (χ2n) is 3.41. The molecule has 0 radical (unpaired) electrons. The van der Waals surface area contributed by atoms with Crippen LogP contribution in [-0.4, -0.2) is 25.6 Å². The van der Waals surface area contributed by atoms with Gasteiger partial charge in [-0.25, -0.2) is 14.8 Å². The largest absolute Gasteiger partial charge is 0.478 e. The van der Waals surface area contributed by atoms with E-state index in [1.54, 1.807) is 35.3 Å². The van der Waals surface area contributed by atoms with E-state index in [1.165, 1.54) is 11.3 Å². The Morgan fingerprint density at radius 2 is 2.24 bits per heavy atom. The van der Waals surface area contributed by atoms with E-state index in [2.05, 4.69) is 9.97 Å². The van der Waals surface area contributed by atoms with E-state index in [9.17, 15) is 4.79 Å². The molecule has 3 aromatic heterocycles. The van der Waals surface area contributed by atoms with Crippen LogP contribution >= 0.6 is 11.3 Å². The third-order valence-corrected chi connectivity index (χ3v) is 3.19. The van der Waals surface area contributed by atoms with E-state index < -0.39 is 5.97 Å². The van der Waals surface area contributed by atoms with Gasteiger partial charge in [-0.3, -0.25) is 4.57 Å². The van der Waals surface area contributed by atoms with Crippen LogP contribution in [0.5, 0.6) is 0 Å². The number of carbonyl (C=O) groups is 1. The molecule has 17 heavy (non-hydrogen) atoms. The maximum Gasteiger partial charge on any atom is 0.337 e. The summed E-state index contributed by atoms with van der Waals surface area (Å²) < 4.78 is 1.70. The van der Waals surface area contributed by atoms with Crippen molar-refractivity contribution >= 4 is 28.3 Å². The Kier molecular flexibility index (Phi) is 2.15. The molecule has 0 saturated carbocycles. The molecular formula is C11H7N3O2S. The predicted molar refractivity (Wildman–Crippen MR) is 63.7 cm³/mol. The normalized spacial score (nSPS) is 10.8. The molecule has 0 fully saturated rings. The molecule has 0 amide bonds. The fraction of sp³-hybridized carbons (Fsp3) is 0. The van der Waals surface area contributed by atoms with Gasteiger partial charge in [0.2, 0.25) is 0 Å². The molecule has 84 valence electrons. The molecule has 0 atom stereocenters. The van der Waals surface area contributed by atoms with Crippen LogP contribution in [0.25, 0.3) is 16.2 Å². The molecule has 1 N–H and O–H groups in total. The minimum Gasteiger partial charge on any atom is -0.478 e. The molecule has 0 saturated heterocycles. The number of carboxylic acids is 1. The Bertz CT molecular complexity index is 688. The fourth-order valence-corrected chi connectivity index (χ4v) is 2.33. The van der Waals surface area contributed by atoms with E-state index in [4.69, 9.17) is 5.11 Å². The van der Waals surface area contributed by atoms with Gasteiger partial charge in [0.1, 0.15) is 5.65 Å². The van der Waals surface area contributed by atoms with Gasteiger partial charge in [-0.05, 0) is 12.1 Å². The summed E-state index contributed by atoms with van der Waals surface area (Å²) in [5.74, 6) is -0.960. The van der Waals surface area contributed by atoms with E-state index in [-0.39, 0.29) is 5.56 Å². The van der Waals surface area contributed by atoms with Crippen molar-refractivity contribution in [3.8, 4) is 5.13 Å². The Morgan fingerprint density at radius 1 is 1.35 bits per heavy atom. The molecule has 3 rings (SSSR count). The van der Waals surface area contributed by atoms with Crippen molar-refractivity contribution in [1.82, 2.24) is 14.5 Å². The highest BCUT2D eigenvalue weighted by Gasteiger charge is 2.16. The third-order valence-electron chi connectivity index (χ3n) is 2.42. The first-order valence-corrected chi connectivity index (χ1v) is 5.74. The Morgan fingerprint density at radius 3 is 2.94 bits per heavy atom. The van der Waals surface area contributed by atoms with Crippen LogP contribution in [0.3, 0.4) is 0 Å². The SMILES string of the molecule is O=C(O)c1cn(-c2nccs2)c2ncccc12. The van der Waals surface area contributed by atoms with Gasteiger partial charge >= 0.3 is 5.97 Å². The summed E-state index contributed by atoms with van der Waals surface area (Å²) in [4.78, 5) is 19.5. The van der Waals surface area contributed by atoms with Crippen molar-refractivity contribution < 1.29 is 9.90 Å². The zero-order chi connectivity index (χ0) is 11.8. The highest BCUT2D eigenvalue weighted by molar-refractivity contribution is 7.12. The molecule has 0 spiro atoms. The lowest BCUT2D eigenvalue weighted by molar-refractivity contribution is 0.0699. The molecule has 0 unspecified atom stereocenters. The van der Waals surface area contributed by atoms with Crippen LogP contribution in [0.1, 0.15) is 10.4 Å². The van der Waals surface area contributed by atoms with Crippen LogP contribution < -0.4 is 0 Å². The quantitative estimate of drug-likeness (QED) is 0.751. The first kappa shape index (κ1) is 9.98. The monoisotopic (exact) mass is 245 g/mol. The highest BCUT2D eigenvalue weighted by atomic mass is 32.1. The zero-order valence-electron chi connectivity index (χ0n) is 8.57. The lowest BCUT2D eigenvalue weighted by Gasteiger charge is -1.97. The molecule has 0 aliphatic carbocycles. The third kappa shape index (κ3) is 1.50. The van der Waals surface area contributed by atoms with Gasteiger partial charge < -0.3 is 5.11 Å². The van der Waals surface area contributed by atoms with Crippen LogP contribution in [0.2, 0.25) is 0 Å². The van der Waals surface area contributed by atoms with Crippen molar-refractivity contribution in [2.45, 2.75) is 0 Å². The number of fused-ring (bicyclic) bond motifs is 1. The Balaban J connectivity index is 2.37. The van der Waals surface area contributed by atoms with E-state index in [1.807, 2.05) is 5.38 Å². The number of nitrogens with zero attached hydrogens (tertiary/aromatic N) is 3. The van der Waals surface area contributed by atoms with Crippen LogP contribution in [0.15, 0.2) is 36.1 Å². The molecule has 0 aromatic carbocycles. The molecule has 0 aliphatic heterocycles. The average Bonchev–Trinajstić information content (AvgIpc) is 2.95. The van der Waals surface area contributed by atoms with E-state index >= 15 is 0 Å². The minimum absolute atomic E-state index is 0.239. The van der Waals surface area contributed by atoms with Gasteiger partial charge in [-0.15, -0.1) is 11.3 Å². The minimum atomic E-state index is -0.960. The number of aromatic carboxylic acids is 1. The van der Waals surface area contributed by atoms with E-state index in [0.29, 0.717) is 16.2 Å². The number of thiazole rings is 1.